The minimum atomic E-state index is -0.132. The molecule has 2 aliphatic carbocycles. The molecule has 2 saturated carbocycles. The van der Waals surface area contributed by atoms with Crippen molar-refractivity contribution in [2.45, 2.75) is 57.2 Å². The number of aliphatic hydroxyl groups is 1. The Bertz CT molecular complexity index is 1110. The molecule has 174 valence electrons. The van der Waals surface area contributed by atoms with Crippen LogP contribution in [0, 0.1) is 5.92 Å². The lowest BCUT2D eigenvalue weighted by atomic mass is 9.93. The number of aryl methyl sites for hydroxylation is 1. The Balaban J connectivity index is 1.21. The van der Waals surface area contributed by atoms with Crippen molar-refractivity contribution in [3.05, 3.63) is 59.8 Å². The minimum absolute atomic E-state index is 0.125. The van der Waals surface area contributed by atoms with Crippen LogP contribution in [0.4, 0.5) is 5.69 Å². The number of nitrogens with one attached hydrogen (secondary N) is 2. The molecule has 6 heteroatoms. The van der Waals surface area contributed by atoms with Crippen molar-refractivity contribution < 1.29 is 14.6 Å². The maximum atomic E-state index is 12.7. The van der Waals surface area contributed by atoms with Crippen LogP contribution in [0.2, 0.25) is 0 Å². The summed E-state index contributed by atoms with van der Waals surface area (Å²) in [6.45, 7) is 1.56. The SMILES string of the molecule is Cn1c(CNC2CCC(O)CC2)cc2cc(NC(=O)c3ccc(OCC4CC4)cc3)ccc21. The lowest BCUT2D eigenvalue weighted by molar-refractivity contribution is 0.102. The zero-order valence-electron chi connectivity index (χ0n) is 19.2. The second kappa shape index (κ2) is 9.57. The molecule has 3 aromatic rings. The summed E-state index contributed by atoms with van der Waals surface area (Å²) in [6, 6.07) is 16.0. The predicted molar refractivity (Wildman–Crippen MR) is 131 cm³/mol. The molecule has 5 rings (SSSR count). The molecule has 0 bridgehead atoms. The van der Waals surface area contributed by atoms with E-state index in [9.17, 15) is 9.90 Å². The number of hydrogen-bond acceptors (Lipinski definition) is 4. The van der Waals surface area contributed by atoms with Gasteiger partial charge in [0.25, 0.3) is 5.91 Å². The van der Waals surface area contributed by atoms with Gasteiger partial charge in [-0.1, -0.05) is 0 Å². The van der Waals surface area contributed by atoms with Crippen molar-refractivity contribution in [2.75, 3.05) is 11.9 Å². The number of carbonyl (C=O) groups is 1. The molecule has 2 fully saturated rings. The molecule has 2 aliphatic rings. The third-order valence-electron chi connectivity index (χ3n) is 6.97. The van der Waals surface area contributed by atoms with Gasteiger partial charge in [-0.15, -0.1) is 0 Å². The van der Waals surface area contributed by atoms with Crippen LogP contribution in [0.1, 0.15) is 54.6 Å². The molecule has 0 atom stereocenters. The third-order valence-corrected chi connectivity index (χ3v) is 6.97. The van der Waals surface area contributed by atoms with Crippen molar-refractivity contribution in [3.63, 3.8) is 0 Å². The van der Waals surface area contributed by atoms with Gasteiger partial charge in [-0.25, -0.2) is 0 Å². The largest absolute Gasteiger partial charge is 0.493 e. The molecule has 0 spiro atoms. The first-order valence-electron chi connectivity index (χ1n) is 12.1. The summed E-state index contributed by atoms with van der Waals surface area (Å²) < 4.78 is 7.96. The molecule has 0 aliphatic heterocycles. The van der Waals surface area contributed by atoms with Gasteiger partial charge in [-0.3, -0.25) is 4.79 Å². The van der Waals surface area contributed by atoms with Gasteiger partial charge in [0.15, 0.2) is 0 Å². The Morgan fingerprint density at radius 3 is 2.52 bits per heavy atom. The lowest BCUT2D eigenvalue weighted by Gasteiger charge is -2.26. The molecular weight excluding hydrogens is 414 g/mol. The van der Waals surface area contributed by atoms with Gasteiger partial charge in [-0.05, 0) is 93.0 Å². The normalized spacial score (nSPS) is 20.7. The summed E-state index contributed by atoms with van der Waals surface area (Å²) >= 11 is 0. The van der Waals surface area contributed by atoms with E-state index in [-0.39, 0.29) is 12.0 Å². The Morgan fingerprint density at radius 1 is 1.03 bits per heavy atom. The molecule has 33 heavy (non-hydrogen) atoms. The van der Waals surface area contributed by atoms with Crippen LogP contribution in [0.5, 0.6) is 5.75 Å². The van der Waals surface area contributed by atoms with Gasteiger partial charge in [0.2, 0.25) is 0 Å². The fraction of sp³-hybridized carbons (Fsp3) is 0.444. The summed E-state index contributed by atoms with van der Waals surface area (Å²) in [5, 5.41) is 17.5. The number of carbonyl (C=O) groups excluding carboxylic acids is 1. The van der Waals surface area contributed by atoms with Gasteiger partial charge in [-0.2, -0.15) is 0 Å². The second-order valence-corrected chi connectivity index (χ2v) is 9.59. The van der Waals surface area contributed by atoms with Crippen LogP contribution < -0.4 is 15.4 Å². The highest BCUT2D eigenvalue weighted by Gasteiger charge is 2.22. The molecule has 3 N–H and O–H groups in total. The van der Waals surface area contributed by atoms with Crippen molar-refractivity contribution in [2.24, 2.45) is 13.0 Å². The Kier molecular flexibility index (Phi) is 6.38. The Hall–Kier alpha value is -2.83. The number of rotatable bonds is 8. The molecule has 0 radical (unpaired) electrons. The van der Waals surface area contributed by atoms with Crippen molar-refractivity contribution in [1.29, 1.82) is 0 Å². The van der Waals surface area contributed by atoms with Gasteiger partial charge < -0.3 is 25.0 Å². The van der Waals surface area contributed by atoms with Gasteiger partial charge in [0.05, 0.1) is 12.7 Å². The van der Waals surface area contributed by atoms with Crippen molar-refractivity contribution in [3.8, 4) is 5.75 Å². The molecule has 6 nitrogen and oxygen atoms in total. The van der Waals surface area contributed by atoms with Crippen LogP contribution in [-0.4, -0.2) is 34.3 Å². The zero-order valence-corrected chi connectivity index (χ0v) is 19.2. The van der Waals surface area contributed by atoms with Crippen LogP contribution in [0.15, 0.2) is 48.5 Å². The van der Waals surface area contributed by atoms with E-state index < -0.39 is 0 Å². The third kappa shape index (κ3) is 5.40. The fourth-order valence-corrected chi connectivity index (χ4v) is 4.59. The van der Waals surface area contributed by atoms with Crippen LogP contribution in [-0.2, 0) is 13.6 Å². The van der Waals surface area contributed by atoms with Crippen molar-refractivity contribution in [1.82, 2.24) is 9.88 Å². The number of anilines is 1. The van der Waals surface area contributed by atoms with E-state index in [1.54, 1.807) is 0 Å². The Labute approximate surface area is 194 Å². The fourth-order valence-electron chi connectivity index (χ4n) is 4.59. The molecule has 0 saturated heterocycles. The maximum Gasteiger partial charge on any atom is 0.255 e. The number of aliphatic hydroxyl groups excluding tert-OH is 1. The predicted octanol–water partition coefficient (Wildman–Crippen LogP) is 4.61. The molecular formula is C27H33N3O3. The van der Waals surface area contributed by atoms with Gasteiger partial charge in [0, 0.05) is 47.5 Å². The van der Waals surface area contributed by atoms with Crippen LogP contribution >= 0.6 is 0 Å². The van der Waals surface area contributed by atoms with Crippen LogP contribution in [0.25, 0.3) is 10.9 Å². The van der Waals surface area contributed by atoms with Crippen LogP contribution in [0.3, 0.4) is 0 Å². The number of nitrogens with zero attached hydrogens (tertiary/aromatic N) is 1. The number of amides is 1. The number of ether oxygens (including phenoxy) is 1. The number of aromatic nitrogens is 1. The molecule has 1 amide bonds. The summed E-state index contributed by atoms with van der Waals surface area (Å²) in [5.74, 6) is 1.40. The highest BCUT2D eigenvalue weighted by molar-refractivity contribution is 6.05. The quantitative estimate of drug-likeness (QED) is 0.471. The highest BCUT2D eigenvalue weighted by atomic mass is 16.5. The molecule has 0 unspecified atom stereocenters. The molecule has 2 aromatic carbocycles. The highest BCUT2D eigenvalue weighted by Crippen LogP contribution is 2.29. The number of fused-ring (bicyclic) bond motifs is 1. The zero-order chi connectivity index (χ0) is 22.8. The topological polar surface area (TPSA) is 75.5 Å². The maximum absolute atomic E-state index is 12.7. The first kappa shape index (κ1) is 22.0. The van der Waals surface area contributed by atoms with E-state index in [0.717, 1.165) is 61.2 Å². The van der Waals surface area contributed by atoms with Crippen molar-refractivity contribution >= 4 is 22.5 Å². The standard InChI is InChI=1S/C27H33N3O3/c1-30-23(16-28-21-6-9-24(31)10-7-21)15-20-14-22(8-13-26(20)30)29-27(32)19-4-11-25(12-5-19)33-17-18-2-3-18/h4-5,8,11-15,18,21,24,28,31H,2-3,6-7,9-10,16-17H2,1H3,(H,29,32). The smallest absolute Gasteiger partial charge is 0.255 e. The average Bonchev–Trinajstić information content (AvgIpc) is 3.61. The van der Waals surface area contributed by atoms with Gasteiger partial charge >= 0.3 is 0 Å². The molecule has 1 heterocycles. The van der Waals surface area contributed by atoms with E-state index in [2.05, 4.69) is 34.4 Å². The van der Waals surface area contributed by atoms with E-state index in [1.807, 2.05) is 36.4 Å². The van der Waals surface area contributed by atoms with E-state index in [1.165, 1.54) is 18.5 Å². The summed E-state index contributed by atoms with van der Waals surface area (Å²) in [7, 11) is 2.08. The summed E-state index contributed by atoms with van der Waals surface area (Å²) in [5.41, 5.74) is 3.75. The van der Waals surface area contributed by atoms with E-state index in [4.69, 9.17) is 4.74 Å². The molecule has 1 aromatic heterocycles. The second-order valence-electron chi connectivity index (χ2n) is 9.59. The summed E-state index contributed by atoms with van der Waals surface area (Å²) in [4.78, 5) is 12.7. The minimum Gasteiger partial charge on any atom is -0.493 e. The van der Waals surface area contributed by atoms with Gasteiger partial charge in [0.1, 0.15) is 5.75 Å². The first-order valence-corrected chi connectivity index (χ1v) is 12.1. The first-order chi connectivity index (χ1) is 16.0. The van der Waals surface area contributed by atoms with E-state index >= 15 is 0 Å². The average molecular weight is 448 g/mol. The van der Waals surface area contributed by atoms with E-state index in [0.29, 0.717) is 17.5 Å². The number of benzene rings is 2. The monoisotopic (exact) mass is 447 g/mol. The summed E-state index contributed by atoms with van der Waals surface area (Å²) in [6.07, 6.45) is 6.20. The lowest BCUT2D eigenvalue weighted by Crippen LogP contribution is -2.34. The Morgan fingerprint density at radius 2 is 1.79 bits per heavy atom. The number of hydrogen-bond donors (Lipinski definition) is 3.